The van der Waals surface area contributed by atoms with Gasteiger partial charge in [0, 0.05) is 37.4 Å². The van der Waals surface area contributed by atoms with E-state index in [1.54, 1.807) is 17.4 Å². The Kier molecular flexibility index (Phi) is 5.79. The zero-order valence-corrected chi connectivity index (χ0v) is 14.9. The van der Waals surface area contributed by atoms with Gasteiger partial charge in [-0.1, -0.05) is 19.9 Å². The average Bonchev–Trinajstić information content (AvgIpc) is 2.82. The molecule has 2 aromatic rings. The van der Waals surface area contributed by atoms with Gasteiger partial charge >= 0.3 is 0 Å². The minimum absolute atomic E-state index is 0.154. The van der Waals surface area contributed by atoms with Crippen molar-refractivity contribution in [1.29, 1.82) is 0 Å². The number of anilines is 1. The highest BCUT2D eigenvalue weighted by Crippen LogP contribution is 2.26. The smallest absolute Gasteiger partial charge is 0.129 e. The van der Waals surface area contributed by atoms with E-state index in [4.69, 9.17) is 0 Å². The van der Waals surface area contributed by atoms with Gasteiger partial charge in [0.1, 0.15) is 5.82 Å². The Morgan fingerprint density at radius 2 is 2.14 bits per heavy atom. The molecule has 0 unspecified atom stereocenters. The van der Waals surface area contributed by atoms with Crippen molar-refractivity contribution in [1.82, 2.24) is 5.32 Å². The lowest BCUT2D eigenvalue weighted by Crippen LogP contribution is -2.25. The molecule has 0 saturated heterocycles. The molecular formula is C16H20BrFN2S. The maximum atomic E-state index is 14.1. The van der Waals surface area contributed by atoms with Crippen LogP contribution in [0.4, 0.5) is 10.1 Å². The standard InChI is InChI=1S/C16H20BrFN2S/c1-11(2)19-8-13-14(18)5-4-6-15(13)20(3)9-12-7-16(17)21-10-12/h4-7,10-11,19H,8-9H2,1-3H3. The summed E-state index contributed by atoms with van der Waals surface area (Å²) in [5, 5.41) is 5.41. The first-order chi connectivity index (χ1) is 9.97. The molecule has 0 fully saturated rings. The first kappa shape index (κ1) is 16.5. The predicted molar refractivity (Wildman–Crippen MR) is 92.5 cm³/mol. The molecule has 0 aliphatic carbocycles. The zero-order chi connectivity index (χ0) is 15.4. The molecule has 21 heavy (non-hydrogen) atoms. The fraction of sp³-hybridized carbons (Fsp3) is 0.375. The zero-order valence-electron chi connectivity index (χ0n) is 12.5. The Bertz CT molecular complexity index is 598. The van der Waals surface area contributed by atoms with Gasteiger partial charge in [0.25, 0.3) is 0 Å². The van der Waals surface area contributed by atoms with E-state index in [1.165, 1.54) is 11.6 Å². The van der Waals surface area contributed by atoms with Gasteiger partial charge < -0.3 is 10.2 Å². The molecule has 0 atom stereocenters. The molecule has 0 spiro atoms. The Morgan fingerprint density at radius 3 is 2.76 bits per heavy atom. The number of hydrogen-bond donors (Lipinski definition) is 1. The van der Waals surface area contributed by atoms with Gasteiger partial charge in [-0.15, -0.1) is 11.3 Å². The molecule has 1 aromatic heterocycles. The van der Waals surface area contributed by atoms with Crippen LogP contribution in [0.25, 0.3) is 0 Å². The van der Waals surface area contributed by atoms with E-state index in [9.17, 15) is 4.39 Å². The number of benzene rings is 1. The van der Waals surface area contributed by atoms with Gasteiger partial charge in [-0.3, -0.25) is 0 Å². The lowest BCUT2D eigenvalue weighted by Gasteiger charge is -2.23. The summed E-state index contributed by atoms with van der Waals surface area (Å²) in [4.78, 5) is 2.09. The molecule has 2 rings (SSSR count). The van der Waals surface area contributed by atoms with E-state index in [-0.39, 0.29) is 5.82 Å². The maximum Gasteiger partial charge on any atom is 0.129 e. The van der Waals surface area contributed by atoms with E-state index >= 15 is 0 Å². The third-order valence-electron chi connectivity index (χ3n) is 3.23. The Labute approximate surface area is 138 Å². The van der Waals surface area contributed by atoms with E-state index in [0.717, 1.165) is 21.6 Å². The minimum atomic E-state index is -0.154. The monoisotopic (exact) mass is 370 g/mol. The van der Waals surface area contributed by atoms with Crippen molar-refractivity contribution >= 4 is 33.0 Å². The molecule has 0 radical (unpaired) electrons. The molecule has 0 saturated carbocycles. The minimum Gasteiger partial charge on any atom is -0.370 e. The van der Waals surface area contributed by atoms with Crippen LogP contribution in [0.2, 0.25) is 0 Å². The third-order valence-corrected chi connectivity index (χ3v) is 4.79. The van der Waals surface area contributed by atoms with Crippen molar-refractivity contribution in [2.75, 3.05) is 11.9 Å². The van der Waals surface area contributed by atoms with Gasteiger partial charge in [0.15, 0.2) is 0 Å². The van der Waals surface area contributed by atoms with Crippen LogP contribution >= 0.6 is 27.3 Å². The quantitative estimate of drug-likeness (QED) is 0.786. The van der Waals surface area contributed by atoms with Crippen LogP contribution in [0, 0.1) is 5.82 Å². The second-order valence-electron chi connectivity index (χ2n) is 5.39. The van der Waals surface area contributed by atoms with E-state index < -0.39 is 0 Å². The molecule has 0 bridgehead atoms. The van der Waals surface area contributed by atoms with Gasteiger partial charge in [0.05, 0.1) is 3.79 Å². The molecule has 1 aromatic carbocycles. The molecule has 1 N–H and O–H groups in total. The molecular weight excluding hydrogens is 351 g/mol. The number of rotatable bonds is 6. The average molecular weight is 371 g/mol. The van der Waals surface area contributed by atoms with Crippen molar-refractivity contribution in [3.63, 3.8) is 0 Å². The fourth-order valence-electron chi connectivity index (χ4n) is 2.17. The van der Waals surface area contributed by atoms with Gasteiger partial charge in [-0.2, -0.15) is 0 Å². The first-order valence-corrected chi connectivity index (χ1v) is 8.59. The first-order valence-electron chi connectivity index (χ1n) is 6.92. The third kappa shape index (κ3) is 4.53. The van der Waals surface area contributed by atoms with Crippen LogP contribution in [0.5, 0.6) is 0 Å². The van der Waals surface area contributed by atoms with Gasteiger partial charge in [-0.05, 0) is 45.1 Å². The molecule has 0 amide bonds. The Hall–Kier alpha value is -0.910. The van der Waals surface area contributed by atoms with Gasteiger partial charge in [-0.25, -0.2) is 4.39 Å². The summed E-state index contributed by atoms with van der Waals surface area (Å²) in [5.74, 6) is -0.154. The van der Waals surface area contributed by atoms with Crippen LogP contribution in [0.15, 0.2) is 33.4 Å². The Morgan fingerprint density at radius 1 is 1.38 bits per heavy atom. The van der Waals surface area contributed by atoms with Crippen molar-refractivity contribution in [3.8, 4) is 0 Å². The maximum absolute atomic E-state index is 14.1. The number of thiophene rings is 1. The molecule has 114 valence electrons. The highest BCUT2D eigenvalue weighted by Gasteiger charge is 2.13. The molecule has 5 heteroatoms. The molecule has 1 heterocycles. The summed E-state index contributed by atoms with van der Waals surface area (Å²) in [7, 11) is 2.00. The molecule has 2 nitrogen and oxygen atoms in total. The number of nitrogens with one attached hydrogen (secondary N) is 1. The number of halogens is 2. The highest BCUT2D eigenvalue weighted by molar-refractivity contribution is 9.11. The van der Waals surface area contributed by atoms with Crippen LogP contribution in [0.3, 0.4) is 0 Å². The predicted octanol–water partition coefficient (Wildman–Crippen LogP) is 4.78. The van der Waals surface area contributed by atoms with E-state index in [2.05, 4.69) is 51.4 Å². The van der Waals surface area contributed by atoms with Crippen molar-refractivity contribution < 1.29 is 4.39 Å². The van der Waals surface area contributed by atoms with E-state index in [1.807, 2.05) is 13.1 Å². The second kappa shape index (κ2) is 7.38. The summed E-state index contributed by atoms with van der Waals surface area (Å²) in [6, 6.07) is 7.70. The molecule has 0 aliphatic rings. The summed E-state index contributed by atoms with van der Waals surface area (Å²) >= 11 is 5.14. The van der Waals surface area contributed by atoms with Crippen LogP contribution < -0.4 is 10.2 Å². The van der Waals surface area contributed by atoms with E-state index in [0.29, 0.717) is 12.6 Å². The van der Waals surface area contributed by atoms with Crippen molar-refractivity contribution in [2.24, 2.45) is 0 Å². The largest absolute Gasteiger partial charge is 0.370 e. The summed E-state index contributed by atoms with van der Waals surface area (Å²) in [6.07, 6.45) is 0. The lowest BCUT2D eigenvalue weighted by atomic mass is 10.1. The lowest BCUT2D eigenvalue weighted by molar-refractivity contribution is 0.552. The molecule has 0 aliphatic heterocycles. The summed E-state index contributed by atoms with van der Waals surface area (Å²) in [6.45, 7) is 5.43. The SMILES string of the molecule is CC(C)NCc1c(F)cccc1N(C)Cc1csc(Br)c1. The highest BCUT2D eigenvalue weighted by atomic mass is 79.9. The van der Waals surface area contributed by atoms with Crippen LogP contribution in [-0.2, 0) is 13.1 Å². The topological polar surface area (TPSA) is 15.3 Å². The number of nitrogens with zero attached hydrogens (tertiary/aromatic N) is 1. The van der Waals surface area contributed by atoms with Gasteiger partial charge in [0.2, 0.25) is 0 Å². The number of hydrogen-bond acceptors (Lipinski definition) is 3. The van der Waals surface area contributed by atoms with Crippen molar-refractivity contribution in [2.45, 2.75) is 33.0 Å². The normalized spacial score (nSPS) is 11.1. The fourth-order valence-corrected chi connectivity index (χ4v) is 3.37. The summed E-state index contributed by atoms with van der Waals surface area (Å²) in [5.41, 5.74) is 2.88. The van der Waals surface area contributed by atoms with Crippen LogP contribution in [-0.4, -0.2) is 13.1 Å². The summed E-state index contributed by atoms with van der Waals surface area (Å²) < 4.78 is 15.2. The van der Waals surface area contributed by atoms with Crippen LogP contribution in [0.1, 0.15) is 25.0 Å². The second-order valence-corrected chi connectivity index (χ2v) is 7.68. The van der Waals surface area contributed by atoms with Crippen molar-refractivity contribution in [3.05, 3.63) is 50.4 Å². The Balaban J connectivity index is 2.19.